The van der Waals surface area contributed by atoms with Crippen LogP contribution in [-0.4, -0.2) is 11.7 Å². The number of hydrogen-bond donors (Lipinski definition) is 2. The Morgan fingerprint density at radius 3 is 2.11 bits per heavy atom. The molecule has 1 atom stereocenters. The van der Waals surface area contributed by atoms with Gasteiger partial charge in [-0.15, -0.1) is 12.4 Å². The summed E-state index contributed by atoms with van der Waals surface area (Å²) in [7, 11) is 0. The predicted octanol–water partition coefficient (Wildman–Crippen LogP) is 4.63. The molecule has 1 amide bonds. The lowest BCUT2D eigenvalue weighted by Gasteiger charge is -2.15. The van der Waals surface area contributed by atoms with Crippen molar-refractivity contribution in [1.82, 2.24) is 0 Å². The molecule has 4 nitrogen and oxygen atoms in total. The first-order valence-electron chi connectivity index (χ1n) is 8.07. The van der Waals surface area contributed by atoms with Crippen molar-refractivity contribution >= 4 is 41.4 Å². The summed E-state index contributed by atoms with van der Waals surface area (Å²) < 4.78 is 0. The second-order valence-corrected chi connectivity index (χ2v) is 6.20. The molecule has 0 aliphatic rings. The van der Waals surface area contributed by atoms with Crippen LogP contribution in [-0.2, 0) is 4.79 Å². The van der Waals surface area contributed by atoms with Gasteiger partial charge in [0.2, 0.25) is 5.91 Å². The van der Waals surface area contributed by atoms with Crippen molar-refractivity contribution < 1.29 is 9.59 Å². The Morgan fingerprint density at radius 1 is 0.889 bits per heavy atom. The smallest absolute Gasteiger partial charge is 0.245 e. The summed E-state index contributed by atoms with van der Waals surface area (Å²) in [5.41, 5.74) is 7.92. The van der Waals surface area contributed by atoms with E-state index in [1.165, 1.54) is 0 Å². The predicted molar refractivity (Wildman–Crippen MR) is 111 cm³/mol. The van der Waals surface area contributed by atoms with Crippen molar-refractivity contribution in [1.29, 1.82) is 0 Å². The van der Waals surface area contributed by atoms with Crippen LogP contribution in [0.1, 0.15) is 27.5 Å². The maximum absolute atomic E-state index is 12.8. The van der Waals surface area contributed by atoms with Crippen LogP contribution in [0.2, 0.25) is 5.02 Å². The van der Waals surface area contributed by atoms with E-state index >= 15 is 0 Å². The van der Waals surface area contributed by atoms with Gasteiger partial charge in [0.25, 0.3) is 0 Å². The first-order chi connectivity index (χ1) is 12.6. The maximum Gasteiger partial charge on any atom is 0.245 e. The molecule has 138 valence electrons. The standard InChI is InChI=1S/C21H17ClN2O2.ClH/c22-16-11-12-18(17(13-16)20(25)15-9-5-2-6-10-15)24-21(26)19(23)14-7-3-1-4-8-14;/h1-13,19H,23H2,(H,24,26);1H. The third-order valence-corrected chi connectivity index (χ3v) is 4.20. The Morgan fingerprint density at radius 2 is 1.48 bits per heavy atom. The topological polar surface area (TPSA) is 72.2 Å². The zero-order valence-electron chi connectivity index (χ0n) is 14.3. The number of nitrogens with two attached hydrogens (primary N) is 1. The Hall–Kier alpha value is -2.66. The molecule has 3 rings (SSSR count). The minimum Gasteiger partial charge on any atom is -0.324 e. The molecule has 0 aliphatic heterocycles. The lowest BCUT2D eigenvalue weighted by Crippen LogP contribution is -2.28. The molecular formula is C21H18Cl2N2O2. The van der Waals surface area contributed by atoms with Gasteiger partial charge in [0.1, 0.15) is 6.04 Å². The maximum atomic E-state index is 12.8. The number of nitrogens with one attached hydrogen (secondary N) is 1. The molecule has 0 fully saturated rings. The van der Waals surface area contributed by atoms with Gasteiger partial charge in [0.05, 0.1) is 5.69 Å². The fourth-order valence-corrected chi connectivity index (χ4v) is 2.75. The monoisotopic (exact) mass is 400 g/mol. The van der Waals surface area contributed by atoms with Gasteiger partial charge in [-0.3, -0.25) is 9.59 Å². The lowest BCUT2D eigenvalue weighted by molar-refractivity contribution is -0.117. The number of amides is 1. The summed E-state index contributed by atoms with van der Waals surface area (Å²) in [5.74, 6) is -0.627. The highest BCUT2D eigenvalue weighted by Crippen LogP contribution is 2.25. The first-order valence-corrected chi connectivity index (χ1v) is 8.45. The average molecular weight is 401 g/mol. The zero-order valence-corrected chi connectivity index (χ0v) is 15.8. The quantitative estimate of drug-likeness (QED) is 0.613. The largest absolute Gasteiger partial charge is 0.324 e. The molecule has 0 heterocycles. The minimum absolute atomic E-state index is 0. The lowest BCUT2D eigenvalue weighted by atomic mass is 10.0. The summed E-state index contributed by atoms with van der Waals surface area (Å²) in [4.78, 5) is 25.3. The molecule has 27 heavy (non-hydrogen) atoms. The SMILES string of the molecule is Cl.NC(C(=O)Nc1ccc(Cl)cc1C(=O)c1ccccc1)c1ccccc1. The summed E-state index contributed by atoms with van der Waals surface area (Å²) in [6.07, 6.45) is 0. The van der Waals surface area contributed by atoms with E-state index in [4.69, 9.17) is 17.3 Å². The fourth-order valence-electron chi connectivity index (χ4n) is 2.58. The third-order valence-electron chi connectivity index (χ3n) is 3.96. The van der Waals surface area contributed by atoms with Gasteiger partial charge in [-0.25, -0.2) is 0 Å². The van der Waals surface area contributed by atoms with Crippen LogP contribution < -0.4 is 11.1 Å². The van der Waals surface area contributed by atoms with Gasteiger partial charge in [-0.2, -0.15) is 0 Å². The van der Waals surface area contributed by atoms with E-state index in [0.29, 0.717) is 27.4 Å². The van der Waals surface area contributed by atoms with Crippen molar-refractivity contribution in [3.05, 3.63) is 101 Å². The molecule has 0 aliphatic carbocycles. The zero-order chi connectivity index (χ0) is 18.5. The van der Waals surface area contributed by atoms with Crippen molar-refractivity contribution in [2.24, 2.45) is 5.73 Å². The van der Waals surface area contributed by atoms with Gasteiger partial charge in [-0.05, 0) is 23.8 Å². The van der Waals surface area contributed by atoms with E-state index in [-0.39, 0.29) is 18.2 Å². The molecule has 0 saturated carbocycles. The number of halogens is 2. The molecule has 3 N–H and O–H groups in total. The van der Waals surface area contributed by atoms with Crippen LogP contribution >= 0.6 is 24.0 Å². The number of benzene rings is 3. The van der Waals surface area contributed by atoms with Gasteiger partial charge < -0.3 is 11.1 Å². The van der Waals surface area contributed by atoms with Crippen LogP contribution in [0.25, 0.3) is 0 Å². The van der Waals surface area contributed by atoms with E-state index in [9.17, 15) is 9.59 Å². The van der Waals surface area contributed by atoms with Crippen molar-refractivity contribution in [2.45, 2.75) is 6.04 Å². The normalized spacial score (nSPS) is 11.2. The van der Waals surface area contributed by atoms with Crippen molar-refractivity contribution in [3.8, 4) is 0 Å². The Labute approximate surface area is 168 Å². The van der Waals surface area contributed by atoms with E-state index in [1.807, 2.05) is 24.3 Å². The number of carbonyl (C=O) groups excluding carboxylic acids is 2. The van der Waals surface area contributed by atoms with Crippen LogP contribution in [0.15, 0.2) is 78.9 Å². The highest BCUT2D eigenvalue weighted by molar-refractivity contribution is 6.31. The minimum atomic E-state index is -0.841. The van der Waals surface area contributed by atoms with Crippen LogP contribution in [0.3, 0.4) is 0 Å². The molecule has 3 aromatic carbocycles. The summed E-state index contributed by atoms with van der Waals surface area (Å²) in [5, 5.41) is 3.15. The van der Waals surface area contributed by atoms with Crippen molar-refractivity contribution in [2.75, 3.05) is 5.32 Å². The van der Waals surface area contributed by atoms with E-state index in [1.54, 1.807) is 54.6 Å². The summed E-state index contributed by atoms with van der Waals surface area (Å²) in [6, 6.07) is 21.8. The highest BCUT2D eigenvalue weighted by Gasteiger charge is 2.20. The molecule has 0 aromatic heterocycles. The molecule has 0 radical (unpaired) electrons. The molecule has 0 saturated heterocycles. The summed E-state index contributed by atoms with van der Waals surface area (Å²) >= 11 is 6.05. The molecular weight excluding hydrogens is 383 g/mol. The van der Waals surface area contributed by atoms with E-state index in [2.05, 4.69) is 5.32 Å². The number of carbonyl (C=O) groups is 2. The first kappa shape index (κ1) is 20.6. The molecule has 3 aromatic rings. The highest BCUT2D eigenvalue weighted by atomic mass is 35.5. The second kappa shape index (κ2) is 9.33. The van der Waals surface area contributed by atoms with E-state index < -0.39 is 11.9 Å². The molecule has 1 unspecified atom stereocenters. The molecule has 0 bridgehead atoms. The molecule has 0 spiro atoms. The summed E-state index contributed by atoms with van der Waals surface area (Å²) in [6.45, 7) is 0. The van der Waals surface area contributed by atoms with Crippen LogP contribution in [0.4, 0.5) is 5.69 Å². The van der Waals surface area contributed by atoms with Gasteiger partial charge in [-0.1, -0.05) is 72.3 Å². The number of hydrogen-bond acceptors (Lipinski definition) is 3. The molecule has 6 heteroatoms. The van der Waals surface area contributed by atoms with Crippen molar-refractivity contribution in [3.63, 3.8) is 0 Å². The van der Waals surface area contributed by atoms with Gasteiger partial charge >= 0.3 is 0 Å². The second-order valence-electron chi connectivity index (χ2n) is 5.76. The van der Waals surface area contributed by atoms with Crippen LogP contribution in [0.5, 0.6) is 0 Å². The van der Waals surface area contributed by atoms with Crippen LogP contribution in [0, 0.1) is 0 Å². The average Bonchev–Trinajstić information content (AvgIpc) is 2.69. The Bertz CT molecular complexity index is 931. The van der Waals surface area contributed by atoms with Gasteiger partial charge in [0, 0.05) is 16.1 Å². The number of ketones is 1. The van der Waals surface area contributed by atoms with E-state index in [0.717, 1.165) is 0 Å². The number of rotatable bonds is 5. The van der Waals surface area contributed by atoms with Gasteiger partial charge in [0.15, 0.2) is 5.78 Å². The Kier molecular flexibility index (Phi) is 7.13. The third kappa shape index (κ3) is 4.95. The Balaban J connectivity index is 0.00000261. The fraction of sp³-hybridized carbons (Fsp3) is 0.0476. The number of anilines is 1.